The molecule has 1 aliphatic heterocycles. The number of fused-ring (bicyclic) bond motifs is 2. The number of phenolic OH excluding ortho intramolecular Hbond substituents is 1. The lowest BCUT2D eigenvalue weighted by Crippen LogP contribution is -2.29. The second kappa shape index (κ2) is 6.00. The number of phenols is 1. The van der Waals surface area contributed by atoms with Gasteiger partial charge in [0.15, 0.2) is 5.43 Å². The second-order valence-corrected chi connectivity index (χ2v) is 7.60. The van der Waals surface area contributed by atoms with E-state index in [2.05, 4.69) is 10.2 Å². The summed E-state index contributed by atoms with van der Waals surface area (Å²) in [6, 6.07) is 12.5. The first-order chi connectivity index (χ1) is 13.5. The first-order valence-corrected chi connectivity index (χ1v) is 9.34. The summed E-state index contributed by atoms with van der Waals surface area (Å²) in [6.45, 7) is 1.79. The summed E-state index contributed by atoms with van der Waals surface area (Å²) in [5, 5.41) is 19.3. The number of para-hydroxylation sites is 1. The maximum Gasteiger partial charge on any atom is 0.297 e. The smallest absolute Gasteiger partial charge is 0.297 e. The third-order valence-electron chi connectivity index (χ3n) is 4.71. The van der Waals surface area contributed by atoms with Gasteiger partial charge in [0.25, 0.3) is 5.91 Å². The normalized spacial score (nSPS) is 16.0. The van der Waals surface area contributed by atoms with Gasteiger partial charge < -0.3 is 9.52 Å². The monoisotopic (exact) mass is 391 g/mol. The Balaban J connectivity index is 1.82. The first kappa shape index (κ1) is 16.6. The lowest BCUT2D eigenvalue weighted by Gasteiger charge is -2.22. The molecule has 1 N–H and O–H groups in total. The Morgan fingerprint density at radius 2 is 1.82 bits per heavy atom. The highest BCUT2D eigenvalue weighted by atomic mass is 32.1. The van der Waals surface area contributed by atoms with Gasteiger partial charge in [0.1, 0.15) is 16.3 Å². The number of anilines is 1. The molecule has 0 fully saturated rings. The van der Waals surface area contributed by atoms with Crippen molar-refractivity contribution in [3.05, 3.63) is 80.6 Å². The molecule has 0 unspecified atom stereocenters. The van der Waals surface area contributed by atoms with Gasteiger partial charge in [-0.25, -0.2) is 0 Å². The summed E-state index contributed by atoms with van der Waals surface area (Å²) in [4.78, 5) is 27.9. The Bertz CT molecular complexity index is 1290. The number of hydrogen-bond acceptors (Lipinski definition) is 7. The van der Waals surface area contributed by atoms with Crippen LogP contribution in [-0.4, -0.2) is 21.2 Å². The zero-order valence-corrected chi connectivity index (χ0v) is 15.4. The molecule has 0 aliphatic carbocycles. The van der Waals surface area contributed by atoms with Crippen LogP contribution in [0.5, 0.6) is 5.75 Å². The third-order valence-corrected chi connectivity index (χ3v) is 5.55. The van der Waals surface area contributed by atoms with Gasteiger partial charge in [0, 0.05) is 0 Å². The van der Waals surface area contributed by atoms with Gasteiger partial charge in [-0.15, -0.1) is 10.2 Å². The number of carbonyl (C=O) groups excluding carboxylic acids is 1. The van der Waals surface area contributed by atoms with Gasteiger partial charge in [-0.1, -0.05) is 35.6 Å². The van der Waals surface area contributed by atoms with Crippen LogP contribution < -0.4 is 10.3 Å². The SMILES string of the molecule is Cc1nnc(N2C(=O)c3oc4ccccc4c(=O)c3[C@H]2c2ccc(O)cc2)s1. The van der Waals surface area contributed by atoms with Crippen LogP contribution in [0.2, 0.25) is 0 Å². The van der Waals surface area contributed by atoms with Gasteiger partial charge >= 0.3 is 0 Å². The van der Waals surface area contributed by atoms with Gasteiger partial charge in [-0.3, -0.25) is 14.5 Å². The number of carbonyl (C=O) groups is 1. The van der Waals surface area contributed by atoms with E-state index in [4.69, 9.17) is 4.42 Å². The molecular weight excluding hydrogens is 378 g/mol. The molecule has 1 amide bonds. The van der Waals surface area contributed by atoms with E-state index in [1.54, 1.807) is 43.3 Å². The molecule has 4 aromatic rings. The van der Waals surface area contributed by atoms with E-state index in [0.29, 0.717) is 26.7 Å². The molecule has 7 nitrogen and oxygen atoms in total. The van der Waals surface area contributed by atoms with E-state index in [1.807, 2.05) is 0 Å². The van der Waals surface area contributed by atoms with E-state index >= 15 is 0 Å². The zero-order chi connectivity index (χ0) is 19.4. The van der Waals surface area contributed by atoms with Crippen molar-refractivity contribution in [3.63, 3.8) is 0 Å². The van der Waals surface area contributed by atoms with Crippen molar-refractivity contribution in [2.75, 3.05) is 4.90 Å². The fourth-order valence-corrected chi connectivity index (χ4v) is 4.19. The lowest BCUT2D eigenvalue weighted by molar-refractivity contribution is 0.0970. The van der Waals surface area contributed by atoms with Gasteiger partial charge in [0.05, 0.1) is 17.0 Å². The molecule has 0 radical (unpaired) electrons. The van der Waals surface area contributed by atoms with Crippen LogP contribution in [0.1, 0.15) is 32.7 Å². The molecule has 2 aromatic heterocycles. The second-order valence-electron chi connectivity index (χ2n) is 6.44. The van der Waals surface area contributed by atoms with E-state index < -0.39 is 11.9 Å². The minimum Gasteiger partial charge on any atom is -0.508 e. The quantitative estimate of drug-likeness (QED) is 0.562. The summed E-state index contributed by atoms with van der Waals surface area (Å²) in [7, 11) is 0. The molecule has 138 valence electrons. The average Bonchev–Trinajstić information content (AvgIpc) is 3.24. The Hall–Kier alpha value is -3.52. The molecule has 8 heteroatoms. The Labute approximate surface area is 162 Å². The summed E-state index contributed by atoms with van der Waals surface area (Å²) >= 11 is 1.26. The van der Waals surface area contributed by atoms with Crippen LogP contribution in [0, 0.1) is 6.92 Å². The van der Waals surface area contributed by atoms with Gasteiger partial charge in [0.2, 0.25) is 10.9 Å². The highest BCUT2D eigenvalue weighted by molar-refractivity contribution is 7.15. The molecule has 3 heterocycles. The minimum absolute atomic E-state index is 0.00891. The van der Waals surface area contributed by atoms with Crippen LogP contribution >= 0.6 is 11.3 Å². The van der Waals surface area contributed by atoms with Crippen molar-refractivity contribution in [3.8, 4) is 5.75 Å². The maximum absolute atomic E-state index is 13.3. The van der Waals surface area contributed by atoms with Crippen molar-refractivity contribution >= 4 is 33.3 Å². The highest BCUT2D eigenvalue weighted by Gasteiger charge is 2.45. The average molecular weight is 391 g/mol. The van der Waals surface area contributed by atoms with Crippen LogP contribution in [0.25, 0.3) is 11.0 Å². The largest absolute Gasteiger partial charge is 0.508 e. The van der Waals surface area contributed by atoms with E-state index in [0.717, 1.165) is 0 Å². The molecule has 2 aromatic carbocycles. The molecule has 0 saturated carbocycles. The third kappa shape index (κ3) is 2.35. The highest BCUT2D eigenvalue weighted by Crippen LogP contribution is 2.42. The van der Waals surface area contributed by atoms with Crippen molar-refractivity contribution < 1.29 is 14.3 Å². The Kier molecular flexibility index (Phi) is 3.56. The lowest BCUT2D eigenvalue weighted by atomic mass is 9.98. The number of rotatable bonds is 2. The number of hydrogen-bond donors (Lipinski definition) is 1. The number of aryl methyl sites for hydroxylation is 1. The predicted molar refractivity (Wildman–Crippen MR) is 104 cm³/mol. The molecule has 0 bridgehead atoms. The fourth-order valence-electron chi connectivity index (χ4n) is 3.47. The maximum atomic E-state index is 13.3. The van der Waals surface area contributed by atoms with Crippen molar-refractivity contribution in [1.82, 2.24) is 10.2 Å². The molecular formula is C20H13N3O4S. The van der Waals surface area contributed by atoms with Gasteiger partial charge in [-0.2, -0.15) is 0 Å². The summed E-state index contributed by atoms with van der Waals surface area (Å²) in [6.07, 6.45) is 0. The number of aromatic hydroxyl groups is 1. The molecule has 5 rings (SSSR count). The van der Waals surface area contributed by atoms with Crippen molar-refractivity contribution in [2.45, 2.75) is 13.0 Å². The topological polar surface area (TPSA) is 96.5 Å². The first-order valence-electron chi connectivity index (χ1n) is 8.53. The van der Waals surface area contributed by atoms with Crippen LogP contribution in [0.4, 0.5) is 5.13 Å². The summed E-state index contributed by atoms with van der Waals surface area (Å²) < 4.78 is 5.85. The number of amides is 1. The molecule has 0 saturated heterocycles. The van der Waals surface area contributed by atoms with Crippen LogP contribution in [0.15, 0.2) is 57.7 Å². The predicted octanol–water partition coefficient (Wildman–Crippen LogP) is 3.41. The Morgan fingerprint density at radius 3 is 2.54 bits per heavy atom. The van der Waals surface area contributed by atoms with Crippen molar-refractivity contribution in [1.29, 1.82) is 0 Å². The van der Waals surface area contributed by atoms with E-state index in [-0.39, 0.29) is 22.5 Å². The molecule has 0 spiro atoms. The minimum atomic E-state index is -0.712. The number of benzene rings is 2. The molecule has 28 heavy (non-hydrogen) atoms. The zero-order valence-electron chi connectivity index (χ0n) is 14.6. The van der Waals surface area contributed by atoms with Crippen molar-refractivity contribution in [2.24, 2.45) is 0 Å². The number of aromatic nitrogens is 2. The summed E-state index contributed by atoms with van der Waals surface area (Å²) in [5.74, 6) is -0.334. The van der Waals surface area contributed by atoms with E-state index in [9.17, 15) is 14.7 Å². The Morgan fingerprint density at radius 1 is 1.07 bits per heavy atom. The van der Waals surface area contributed by atoms with Crippen LogP contribution in [0.3, 0.4) is 0 Å². The molecule has 1 atom stereocenters. The standard InChI is InChI=1S/C20H13N3O4S/c1-10-21-22-20(28-10)23-16(11-6-8-12(24)9-7-11)15-17(25)13-4-2-3-5-14(13)27-18(15)19(23)26/h2-9,16,24H,1H3/t16-/m1/s1. The molecule has 1 aliphatic rings. The number of nitrogens with zero attached hydrogens (tertiary/aromatic N) is 3. The van der Waals surface area contributed by atoms with Gasteiger partial charge in [-0.05, 0) is 36.8 Å². The summed E-state index contributed by atoms with van der Waals surface area (Å²) in [5.41, 5.74) is 1.04. The van der Waals surface area contributed by atoms with Crippen LogP contribution in [-0.2, 0) is 0 Å². The fraction of sp³-hybridized carbons (Fsp3) is 0.100. The van der Waals surface area contributed by atoms with E-state index in [1.165, 1.54) is 28.4 Å².